The van der Waals surface area contributed by atoms with E-state index in [2.05, 4.69) is 12.2 Å². The molecule has 1 aromatic carbocycles. The van der Waals surface area contributed by atoms with E-state index in [-0.39, 0.29) is 23.0 Å². The lowest BCUT2D eigenvalue weighted by Gasteiger charge is -2.07. The molecule has 0 unspecified atom stereocenters. The van der Waals surface area contributed by atoms with Gasteiger partial charge in [0, 0.05) is 12.6 Å². The molecule has 118 valence electrons. The maximum Gasteiger partial charge on any atom is 0.255 e. The van der Waals surface area contributed by atoms with Crippen LogP contribution in [0.15, 0.2) is 18.2 Å². The van der Waals surface area contributed by atoms with Crippen LogP contribution in [0.4, 0.5) is 0 Å². The van der Waals surface area contributed by atoms with Gasteiger partial charge in [-0.05, 0) is 18.6 Å². The fourth-order valence-electron chi connectivity index (χ4n) is 2.27. The van der Waals surface area contributed by atoms with E-state index in [0.29, 0.717) is 6.54 Å². The molecule has 0 bridgehead atoms. The van der Waals surface area contributed by atoms with E-state index in [4.69, 9.17) is 0 Å². The number of amides is 1. The zero-order valence-electron chi connectivity index (χ0n) is 12.9. The van der Waals surface area contributed by atoms with Crippen molar-refractivity contribution in [3.63, 3.8) is 0 Å². The van der Waals surface area contributed by atoms with Gasteiger partial charge in [-0.15, -0.1) is 0 Å². The Morgan fingerprint density at radius 3 is 2.24 bits per heavy atom. The summed E-state index contributed by atoms with van der Waals surface area (Å²) in [5.74, 6) is -0.536. The Morgan fingerprint density at radius 2 is 1.62 bits per heavy atom. The molecule has 3 N–H and O–H groups in total. The van der Waals surface area contributed by atoms with E-state index in [0.717, 1.165) is 12.8 Å². The van der Waals surface area contributed by atoms with Crippen LogP contribution in [-0.4, -0.2) is 22.7 Å². The molecule has 0 aliphatic carbocycles. The largest absolute Gasteiger partial charge is 0.508 e. The monoisotopic (exact) mass is 293 g/mol. The number of unbranched alkanes of at least 4 members (excludes halogenated alkanes) is 7. The molecule has 0 spiro atoms. The first kappa shape index (κ1) is 17.3. The molecule has 0 heterocycles. The zero-order chi connectivity index (χ0) is 15.5. The molecule has 4 nitrogen and oxygen atoms in total. The molecule has 1 aromatic rings. The number of hydrogen-bond donors (Lipinski definition) is 3. The Hall–Kier alpha value is -1.71. The maximum absolute atomic E-state index is 11.8. The molecular weight excluding hydrogens is 266 g/mol. The summed E-state index contributed by atoms with van der Waals surface area (Å²) in [4.78, 5) is 11.8. The average molecular weight is 293 g/mol. The molecule has 0 aliphatic heterocycles. The predicted octanol–water partition coefficient (Wildman–Crippen LogP) is 3.97. The van der Waals surface area contributed by atoms with Gasteiger partial charge >= 0.3 is 0 Å². The molecule has 4 heteroatoms. The molecular formula is C17H27NO3. The van der Waals surface area contributed by atoms with Gasteiger partial charge in [-0.3, -0.25) is 4.79 Å². The first-order valence-corrected chi connectivity index (χ1v) is 7.95. The lowest BCUT2D eigenvalue weighted by Crippen LogP contribution is -2.24. The molecule has 0 aliphatic rings. The second-order valence-corrected chi connectivity index (χ2v) is 5.43. The number of nitrogens with one attached hydrogen (secondary N) is 1. The fraction of sp³-hybridized carbons (Fsp3) is 0.588. The summed E-state index contributed by atoms with van der Waals surface area (Å²) >= 11 is 0. The number of phenols is 2. The number of carbonyl (C=O) groups excluding carboxylic acids is 1. The molecule has 0 radical (unpaired) electrons. The van der Waals surface area contributed by atoms with Gasteiger partial charge in [0.25, 0.3) is 5.91 Å². The summed E-state index contributed by atoms with van der Waals surface area (Å²) in [6, 6.07) is 3.99. The third-order valence-corrected chi connectivity index (χ3v) is 3.54. The van der Waals surface area contributed by atoms with Crippen molar-refractivity contribution in [3.8, 4) is 11.5 Å². The van der Waals surface area contributed by atoms with Crippen LogP contribution in [0.2, 0.25) is 0 Å². The van der Waals surface area contributed by atoms with E-state index >= 15 is 0 Å². The topological polar surface area (TPSA) is 69.6 Å². The number of rotatable bonds is 10. The summed E-state index contributed by atoms with van der Waals surface area (Å²) in [6.45, 7) is 2.84. The highest BCUT2D eigenvalue weighted by molar-refractivity contribution is 5.96. The van der Waals surface area contributed by atoms with Gasteiger partial charge in [-0.25, -0.2) is 0 Å². The van der Waals surface area contributed by atoms with Crippen LogP contribution in [0.1, 0.15) is 68.6 Å². The van der Waals surface area contributed by atoms with Gasteiger partial charge < -0.3 is 15.5 Å². The highest BCUT2D eigenvalue weighted by atomic mass is 16.3. The normalized spacial score (nSPS) is 10.5. The van der Waals surface area contributed by atoms with Crippen LogP contribution in [0.5, 0.6) is 11.5 Å². The minimum Gasteiger partial charge on any atom is -0.508 e. The van der Waals surface area contributed by atoms with Crippen molar-refractivity contribution in [1.82, 2.24) is 5.32 Å². The summed E-state index contributed by atoms with van der Waals surface area (Å²) in [5.41, 5.74) is 0.201. The van der Waals surface area contributed by atoms with Crippen molar-refractivity contribution >= 4 is 5.91 Å². The minimum atomic E-state index is -0.296. The lowest BCUT2D eigenvalue weighted by molar-refractivity contribution is 0.0950. The summed E-state index contributed by atoms with van der Waals surface area (Å²) in [7, 11) is 0. The number of carbonyl (C=O) groups is 1. The summed E-state index contributed by atoms with van der Waals surface area (Å²) < 4.78 is 0. The van der Waals surface area contributed by atoms with Crippen LogP contribution in [0.25, 0.3) is 0 Å². The summed E-state index contributed by atoms with van der Waals surface area (Å²) in [5, 5.41) is 21.6. The van der Waals surface area contributed by atoms with Crippen molar-refractivity contribution in [2.45, 2.75) is 58.3 Å². The molecule has 0 saturated carbocycles. The van der Waals surface area contributed by atoms with E-state index in [1.807, 2.05) is 0 Å². The number of phenolic OH excluding ortho intramolecular Hbond substituents is 2. The first-order valence-electron chi connectivity index (χ1n) is 7.95. The van der Waals surface area contributed by atoms with Crippen LogP contribution in [0.3, 0.4) is 0 Å². The van der Waals surface area contributed by atoms with Gasteiger partial charge in [0.15, 0.2) is 0 Å². The highest BCUT2D eigenvalue weighted by Crippen LogP contribution is 2.22. The Bertz CT molecular complexity index is 432. The quantitative estimate of drug-likeness (QED) is 0.572. The van der Waals surface area contributed by atoms with Crippen LogP contribution in [0, 0.1) is 0 Å². The summed E-state index contributed by atoms with van der Waals surface area (Å²) in [6.07, 6.45) is 9.79. The molecule has 0 saturated heterocycles. The van der Waals surface area contributed by atoms with Crippen molar-refractivity contribution in [3.05, 3.63) is 23.8 Å². The Labute approximate surface area is 127 Å². The van der Waals surface area contributed by atoms with E-state index in [1.54, 1.807) is 0 Å². The van der Waals surface area contributed by atoms with Gasteiger partial charge in [0.05, 0.1) is 5.56 Å². The van der Waals surface area contributed by atoms with E-state index in [1.165, 1.54) is 56.7 Å². The Morgan fingerprint density at radius 1 is 1.00 bits per heavy atom. The van der Waals surface area contributed by atoms with Crippen LogP contribution < -0.4 is 5.32 Å². The molecule has 21 heavy (non-hydrogen) atoms. The molecule has 0 atom stereocenters. The third-order valence-electron chi connectivity index (χ3n) is 3.54. The Balaban J connectivity index is 2.11. The molecule has 1 amide bonds. The standard InChI is InChI=1S/C17H27NO3/c1-2-3-4-5-6-7-8-9-12-18-17(21)15-11-10-14(19)13-16(15)20/h10-11,13,19-20H,2-9,12H2,1H3,(H,18,21). The molecule has 1 rings (SSSR count). The second-order valence-electron chi connectivity index (χ2n) is 5.43. The van der Waals surface area contributed by atoms with Crippen molar-refractivity contribution < 1.29 is 15.0 Å². The Kier molecular flexibility index (Phi) is 8.32. The van der Waals surface area contributed by atoms with E-state index < -0.39 is 0 Å². The number of benzene rings is 1. The third kappa shape index (κ3) is 7.02. The average Bonchev–Trinajstić information content (AvgIpc) is 2.45. The smallest absolute Gasteiger partial charge is 0.255 e. The number of hydrogen-bond acceptors (Lipinski definition) is 3. The SMILES string of the molecule is CCCCCCCCCCNC(=O)c1ccc(O)cc1O. The predicted molar refractivity (Wildman–Crippen MR) is 84.7 cm³/mol. The first-order chi connectivity index (χ1) is 10.1. The van der Waals surface area contributed by atoms with Crippen molar-refractivity contribution in [2.24, 2.45) is 0 Å². The minimum absolute atomic E-state index is 0.0490. The number of aromatic hydroxyl groups is 2. The van der Waals surface area contributed by atoms with Gasteiger partial charge in [0.1, 0.15) is 11.5 Å². The molecule has 0 fully saturated rings. The lowest BCUT2D eigenvalue weighted by atomic mass is 10.1. The van der Waals surface area contributed by atoms with Crippen molar-refractivity contribution in [2.75, 3.05) is 6.54 Å². The van der Waals surface area contributed by atoms with Crippen LogP contribution >= 0.6 is 0 Å². The van der Waals surface area contributed by atoms with Gasteiger partial charge in [0.2, 0.25) is 0 Å². The van der Waals surface area contributed by atoms with Gasteiger partial charge in [-0.2, -0.15) is 0 Å². The van der Waals surface area contributed by atoms with Gasteiger partial charge in [-0.1, -0.05) is 51.9 Å². The second kappa shape index (κ2) is 10.1. The zero-order valence-corrected chi connectivity index (χ0v) is 12.9. The van der Waals surface area contributed by atoms with Crippen LogP contribution in [-0.2, 0) is 0 Å². The highest BCUT2D eigenvalue weighted by Gasteiger charge is 2.10. The molecule has 0 aromatic heterocycles. The maximum atomic E-state index is 11.8. The van der Waals surface area contributed by atoms with Crippen molar-refractivity contribution in [1.29, 1.82) is 0 Å². The fourth-order valence-corrected chi connectivity index (χ4v) is 2.27. The van der Waals surface area contributed by atoms with E-state index in [9.17, 15) is 15.0 Å².